The predicted octanol–water partition coefficient (Wildman–Crippen LogP) is 23.4. The molecule has 4 bridgehead atoms. The zero-order valence-electron chi connectivity index (χ0n) is 48.5. The lowest BCUT2D eigenvalue weighted by Crippen LogP contribution is -2.26. The van der Waals surface area contributed by atoms with Crippen LogP contribution in [-0.2, 0) is 31.1 Å². The molecule has 0 aliphatic carbocycles. The highest BCUT2D eigenvalue weighted by Crippen LogP contribution is 2.50. The largest absolute Gasteiger partial charge is 0.460 e. The van der Waals surface area contributed by atoms with Crippen molar-refractivity contribution in [2.45, 2.75) is 355 Å². The van der Waals surface area contributed by atoms with E-state index in [4.69, 9.17) is 9.05 Å². The Kier molecular flexibility index (Phi) is 38.3. The van der Waals surface area contributed by atoms with E-state index in [2.05, 4.69) is 65.8 Å². The molecule has 6 rings (SSSR count). The summed E-state index contributed by atoms with van der Waals surface area (Å²) in [6.45, 7) is 14.3. The molecule has 0 amide bonds. The minimum absolute atomic E-state index is 0.168. The molecule has 71 heavy (non-hydrogen) atoms. The van der Waals surface area contributed by atoms with Crippen molar-refractivity contribution in [2.75, 3.05) is 0 Å². The van der Waals surface area contributed by atoms with Gasteiger partial charge in [-0.3, -0.25) is 0 Å². The zero-order chi connectivity index (χ0) is 50.9. The molecule has 410 valence electrons. The van der Waals surface area contributed by atoms with Crippen LogP contribution in [0.4, 0.5) is 0 Å². The standard InChI is InChI=1S/C67H119O3P/c1-7-11-15-19-23-27-31-35-39-43-47-51-61-63(53-49-45-41-37-33-29-25-21-17-13-9-3)66-64(54-50-46-42-38-34-30-26-22-18-14-10-4)62(52-48-44-40-36-32-28-24-20-16-12-8-2)65(61)67(5,6)59-55-57-60(58-56-59)69-71(68)70-66/h55-58,68H,7-54H2,1-6H3. The lowest BCUT2D eigenvalue weighted by molar-refractivity contribution is 0.375. The first kappa shape index (κ1) is 63.7. The van der Waals surface area contributed by atoms with Gasteiger partial charge in [-0.2, -0.15) is 0 Å². The molecule has 0 radical (unpaired) electrons. The molecule has 4 heterocycles. The minimum Gasteiger partial charge on any atom is -0.418 e. The van der Waals surface area contributed by atoms with Crippen molar-refractivity contribution in [3.05, 3.63) is 57.6 Å². The van der Waals surface area contributed by atoms with Gasteiger partial charge in [0.15, 0.2) is 0 Å². The number of hydrogen-bond acceptors (Lipinski definition) is 3. The van der Waals surface area contributed by atoms with E-state index in [9.17, 15) is 4.89 Å². The van der Waals surface area contributed by atoms with E-state index in [0.29, 0.717) is 5.75 Å². The van der Waals surface area contributed by atoms with E-state index < -0.39 is 8.60 Å². The second-order valence-corrected chi connectivity index (χ2v) is 24.2. The summed E-state index contributed by atoms with van der Waals surface area (Å²) in [6, 6.07) is 8.73. The molecule has 0 aromatic heterocycles. The van der Waals surface area contributed by atoms with E-state index in [1.807, 2.05) is 0 Å². The maximum Gasteiger partial charge on any atom is 0.460 e. The first-order valence-electron chi connectivity index (χ1n) is 32.0. The summed E-state index contributed by atoms with van der Waals surface area (Å²) in [5, 5.41) is 0. The van der Waals surface area contributed by atoms with E-state index in [1.165, 1.54) is 299 Å². The summed E-state index contributed by atoms with van der Waals surface area (Å²) < 4.78 is 13.3. The second kappa shape index (κ2) is 42.6. The van der Waals surface area contributed by atoms with Gasteiger partial charge in [0.2, 0.25) is 0 Å². The first-order valence-corrected chi connectivity index (χ1v) is 33.2. The monoisotopic (exact) mass is 1000 g/mol. The fourth-order valence-electron chi connectivity index (χ4n) is 12.0. The second-order valence-electron chi connectivity index (χ2n) is 23.3. The lowest BCUT2D eigenvalue weighted by atomic mass is 9.69. The number of benzene rings is 2. The Morgan fingerprint density at radius 2 is 0.563 bits per heavy atom. The van der Waals surface area contributed by atoms with Gasteiger partial charge in [-0.1, -0.05) is 311 Å². The molecule has 4 heteroatoms. The van der Waals surface area contributed by atoms with Crippen LogP contribution in [-0.4, -0.2) is 4.89 Å². The van der Waals surface area contributed by atoms with Crippen molar-refractivity contribution in [1.29, 1.82) is 0 Å². The van der Waals surface area contributed by atoms with Gasteiger partial charge in [-0.05, 0) is 96.9 Å². The predicted molar refractivity (Wildman–Crippen MR) is 316 cm³/mol. The molecule has 1 atom stereocenters. The van der Waals surface area contributed by atoms with Gasteiger partial charge in [0.1, 0.15) is 11.5 Å². The van der Waals surface area contributed by atoms with Crippen molar-refractivity contribution in [1.82, 2.24) is 0 Å². The molecule has 2 aromatic carbocycles. The Morgan fingerprint density at radius 1 is 0.324 bits per heavy atom. The topological polar surface area (TPSA) is 38.7 Å². The number of rotatable bonds is 48. The first-order chi connectivity index (χ1) is 34.9. The van der Waals surface area contributed by atoms with E-state index in [1.54, 1.807) is 16.7 Å². The SMILES string of the molecule is CCCCCCCCCCCCCc1c(CCCCCCCCCCCCC)c2c(CCCCCCCCCCCCC)c(CCCCCCCCCCCCC)c1OP(O)Oc1ccc(cc1)C2(C)C. The van der Waals surface area contributed by atoms with Crippen LogP contribution in [0.5, 0.6) is 11.5 Å². The quantitative estimate of drug-likeness (QED) is 0.0530. The van der Waals surface area contributed by atoms with Crippen molar-refractivity contribution in [3.63, 3.8) is 0 Å². The highest BCUT2D eigenvalue weighted by atomic mass is 31.2. The third-order valence-corrected chi connectivity index (χ3v) is 17.3. The maximum atomic E-state index is 11.9. The lowest BCUT2D eigenvalue weighted by Gasteiger charge is -2.36. The Labute approximate surface area is 444 Å². The van der Waals surface area contributed by atoms with Gasteiger partial charge in [-0.25, -0.2) is 0 Å². The minimum atomic E-state index is -2.13. The van der Waals surface area contributed by atoms with Crippen LogP contribution in [0.15, 0.2) is 24.3 Å². The fraction of sp³-hybridized carbons (Fsp3) is 0.821. The van der Waals surface area contributed by atoms with Gasteiger partial charge in [-0.15, -0.1) is 0 Å². The van der Waals surface area contributed by atoms with Gasteiger partial charge in [0.25, 0.3) is 0 Å². The van der Waals surface area contributed by atoms with Crippen LogP contribution < -0.4 is 9.05 Å². The molecule has 1 N–H and O–H groups in total. The van der Waals surface area contributed by atoms with E-state index >= 15 is 0 Å². The van der Waals surface area contributed by atoms with Crippen LogP contribution in [0.3, 0.4) is 0 Å². The maximum absolute atomic E-state index is 11.9. The highest BCUT2D eigenvalue weighted by Gasteiger charge is 2.35. The third kappa shape index (κ3) is 27.7. The number of unbranched alkanes of at least 4 members (excludes halogenated alkanes) is 40. The molecule has 3 nitrogen and oxygen atoms in total. The van der Waals surface area contributed by atoms with Crippen molar-refractivity contribution < 1.29 is 13.9 Å². The summed E-state index contributed by atoms with van der Waals surface area (Å²) in [7, 11) is -2.13. The average Bonchev–Trinajstić information content (AvgIpc) is 3.36. The van der Waals surface area contributed by atoms with E-state index in [0.717, 1.165) is 31.4 Å². The van der Waals surface area contributed by atoms with Crippen LogP contribution in [0.1, 0.15) is 357 Å². The molecule has 1 unspecified atom stereocenters. The molecular weight excluding hydrogens is 884 g/mol. The van der Waals surface area contributed by atoms with Crippen molar-refractivity contribution in [3.8, 4) is 11.5 Å². The molecule has 4 aliphatic rings. The van der Waals surface area contributed by atoms with Gasteiger partial charge in [0.05, 0.1) is 0 Å². The van der Waals surface area contributed by atoms with Crippen LogP contribution in [0.25, 0.3) is 0 Å². The Hall–Kier alpha value is -1.57. The summed E-state index contributed by atoms with van der Waals surface area (Å²) >= 11 is 0. The van der Waals surface area contributed by atoms with Gasteiger partial charge < -0.3 is 13.9 Å². The molecule has 4 aliphatic heterocycles. The fourth-order valence-corrected chi connectivity index (χ4v) is 12.7. The molecule has 0 saturated heterocycles. The van der Waals surface area contributed by atoms with Crippen molar-refractivity contribution >= 4 is 8.60 Å². The molecule has 2 aromatic rings. The summed E-state index contributed by atoms with van der Waals surface area (Å²) in [5.41, 5.74) is 8.82. The summed E-state index contributed by atoms with van der Waals surface area (Å²) in [4.78, 5) is 11.9. The Bertz CT molecular complexity index is 1450. The number of hydrogen-bond donors (Lipinski definition) is 1. The van der Waals surface area contributed by atoms with Crippen LogP contribution in [0, 0.1) is 0 Å². The van der Waals surface area contributed by atoms with Gasteiger partial charge >= 0.3 is 8.60 Å². The molecular formula is C67H119O3P. The van der Waals surface area contributed by atoms with Gasteiger partial charge in [0, 0.05) is 5.41 Å². The molecule has 0 fully saturated rings. The van der Waals surface area contributed by atoms with Crippen LogP contribution in [0.2, 0.25) is 0 Å². The molecule has 0 saturated carbocycles. The van der Waals surface area contributed by atoms with E-state index in [-0.39, 0.29) is 5.41 Å². The van der Waals surface area contributed by atoms with Crippen molar-refractivity contribution in [2.24, 2.45) is 0 Å². The average molecular weight is 1000 g/mol. The summed E-state index contributed by atoms with van der Waals surface area (Å²) in [5.74, 6) is 1.73. The Balaban J connectivity index is 1.97. The van der Waals surface area contributed by atoms with Crippen LogP contribution >= 0.6 is 8.60 Å². The highest BCUT2D eigenvalue weighted by molar-refractivity contribution is 7.41. The summed E-state index contributed by atoms with van der Waals surface area (Å²) in [6.07, 6.45) is 64.0. The smallest absolute Gasteiger partial charge is 0.418 e. The Morgan fingerprint density at radius 3 is 0.831 bits per heavy atom. The normalized spacial score (nSPS) is 14.2. The zero-order valence-corrected chi connectivity index (χ0v) is 49.4. The third-order valence-electron chi connectivity index (χ3n) is 16.6. The molecule has 0 spiro atoms.